The van der Waals surface area contributed by atoms with Gasteiger partial charge in [-0.05, 0) is 37.8 Å². The van der Waals surface area contributed by atoms with Gasteiger partial charge in [0.1, 0.15) is 34.6 Å². The number of nitriles is 2. The van der Waals surface area contributed by atoms with E-state index in [9.17, 15) is 40.3 Å². The first-order chi connectivity index (χ1) is 28.4. The molecule has 2 aromatic carbocycles. The van der Waals surface area contributed by atoms with Crippen molar-refractivity contribution in [3.8, 4) is 35.4 Å². The lowest BCUT2D eigenvalue weighted by atomic mass is 10.1. The van der Waals surface area contributed by atoms with E-state index in [1.807, 2.05) is 39.8 Å². The summed E-state index contributed by atoms with van der Waals surface area (Å²) in [4.78, 5) is 50.8. The maximum Gasteiger partial charge on any atom is 0.613 e. The molecule has 0 atom stereocenters. The van der Waals surface area contributed by atoms with Crippen LogP contribution in [0.25, 0.3) is 0 Å². The molecule has 6 rings (SSSR count). The number of nitro benzene ring substituents is 2. The van der Waals surface area contributed by atoms with Crippen LogP contribution in [0.1, 0.15) is 89.5 Å². The minimum Gasteiger partial charge on any atom is -0.384 e. The number of pyridine rings is 2. The molecule has 4 aromatic rings. The number of ether oxygens (including phenoxy) is 4. The highest BCUT2D eigenvalue weighted by molar-refractivity contribution is 5.65. The van der Waals surface area contributed by atoms with Crippen LogP contribution in [0.3, 0.4) is 0 Å². The SMILES string of the molecule is CC.CCCCn1c2c(c(CC)c(C#N)c1=O)N=Nc1cc([N+](=O)[O-])ccc1OC1(Oc3ccc([N+](=O)[O-])cc3N=Nc3c(CC)c(C#N)c(=O)n(CCCC)c3O1)O2. The molecule has 306 valence electrons. The molecule has 0 amide bonds. The lowest BCUT2D eigenvalue weighted by Gasteiger charge is -2.34. The van der Waals surface area contributed by atoms with Crippen molar-refractivity contribution in [1.29, 1.82) is 10.5 Å². The van der Waals surface area contributed by atoms with Crippen LogP contribution in [0.5, 0.6) is 23.3 Å². The van der Waals surface area contributed by atoms with Gasteiger partial charge in [0.25, 0.3) is 22.5 Å². The van der Waals surface area contributed by atoms with Gasteiger partial charge in [0.2, 0.25) is 11.8 Å². The van der Waals surface area contributed by atoms with Crippen molar-refractivity contribution in [3.05, 3.63) is 99.6 Å². The van der Waals surface area contributed by atoms with Gasteiger partial charge in [-0.25, -0.2) is 0 Å². The van der Waals surface area contributed by atoms with E-state index in [1.54, 1.807) is 13.8 Å². The second kappa shape index (κ2) is 18.2. The number of aromatic nitrogens is 2. The fourth-order valence-electron chi connectivity index (χ4n) is 6.24. The van der Waals surface area contributed by atoms with Crippen LogP contribution in [-0.2, 0) is 25.9 Å². The Morgan fingerprint density at radius 2 is 1.05 bits per heavy atom. The van der Waals surface area contributed by atoms with Gasteiger partial charge < -0.3 is 18.9 Å². The summed E-state index contributed by atoms with van der Waals surface area (Å²) in [6.07, 6.45) is -0.876. The Kier molecular flexibility index (Phi) is 13.2. The van der Waals surface area contributed by atoms with Crippen LogP contribution in [0, 0.1) is 42.9 Å². The summed E-state index contributed by atoms with van der Waals surface area (Å²) in [5, 5.41) is 61.6. The van der Waals surface area contributed by atoms with Crippen molar-refractivity contribution in [2.24, 2.45) is 20.5 Å². The van der Waals surface area contributed by atoms with Crippen molar-refractivity contribution in [2.75, 3.05) is 0 Å². The highest BCUT2D eigenvalue weighted by Gasteiger charge is 2.50. The van der Waals surface area contributed by atoms with Gasteiger partial charge in [0.05, 0.1) is 9.85 Å². The minimum absolute atomic E-state index is 0.0167. The fraction of sp³-hybridized carbons (Fsp3) is 0.385. The molecule has 0 radical (unpaired) electrons. The predicted molar refractivity (Wildman–Crippen MR) is 211 cm³/mol. The molecule has 2 aromatic heterocycles. The molecule has 2 aliphatic rings. The normalized spacial score (nSPS) is 14.6. The Labute approximate surface area is 336 Å². The maximum absolute atomic E-state index is 14.1. The third-order valence-electron chi connectivity index (χ3n) is 9.13. The van der Waals surface area contributed by atoms with E-state index in [1.165, 1.54) is 12.1 Å². The van der Waals surface area contributed by atoms with E-state index in [2.05, 4.69) is 20.5 Å². The first kappa shape index (κ1) is 42.7. The third kappa shape index (κ3) is 8.19. The highest BCUT2D eigenvalue weighted by atomic mass is 17.0. The Morgan fingerprint density at radius 1 is 0.661 bits per heavy atom. The molecule has 2 aliphatic heterocycles. The molecule has 20 heteroatoms. The summed E-state index contributed by atoms with van der Waals surface area (Å²) in [5.74, 6) is -1.27. The van der Waals surface area contributed by atoms with Crippen molar-refractivity contribution < 1.29 is 28.8 Å². The Morgan fingerprint density at radius 3 is 1.37 bits per heavy atom. The number of non-ortho nitro benzene ring substituents is 2. The highest BCUT2D eigenvalue weighted by Crippen LogP contribution is 2.47. The van der Waals surface area contributed by atoms with E-state index in [0.29, 0.717) is 25.7 Å². The van der Waals surface area contributed by atoms with Gasteiger partial charge in [-0.3, -0.25) is 39.0 Å². The summed E-state index contributed by atoms with van der Waals surface area (Å²) >= 11 is 0. The van der Waals surface area contributed by atoms with Gasteiger partial charge in [0.15, 0.2) is 22.9 Å². The predicted octanol–water partition coefficient (Wildman–Crippen LogP) is 9.01. The number of hydrogen-bond acceptors (Lipinski definition) is 16. The molecule has 0 fully saturated rings. The number of hydrogen-bond donors (Lipinski definition) is 0. The Bertz CT molecular complexity index is 2410. The third-order valence-corrected chi connectivity index (χ3v) is 9.13. The molecule has 0 saturated heterocycles. The standard InChI is InChI=1S/C37H34N10O10.C2H6/c1-5-9-15-44-33(48)25(19-38)23(7-3)31-35(44)56-37(54-29-13-11-21(46(50)51)17-27(29)40-42-31)55-30-14-12-22(47(52)53)18-28(30)41-43-32-24(8-4)26(20-39)34(49)45(16-10-6-2)36(32)57-37;1-2/h11-14,17-18H,5-10,15-16H2,1-4H3;1-2H3. The fourth-order valence-corrected chi connectivity index (χ4v) is 6.24. The maximum atomic E-state index is 14.1. The molecular weight excluding hydrogens is 768 g/mol. The van der Waals surface area contributed by atoms with Crippen LogP contribution >= 0.6 is 0 Å². The Balaban J connectivity index is 0.00000326. The number of nitro groups is 2. The monoisotopic (exact) mass is 808 g/mol. The molecule has 1 spiro atoms. The number of azo groups is 2. The zero-order chi connectivity index (χ0) is 43.0. The second-order valence-electron chi connectivity index (χ2n) is 12.7. The van der Waals surface area contributed by atoms with Gasteiger partial charge in [0, 0.05) is 48.5 Å². The van der Waals surface area contributed by atoms with Crippen LogP contribution in [0.15, 0.2) is 66.4 Å². The number of fused-ring (bicyclic) bond motifs is 4. The summed E-state index contributed by atoms with van der Waals surface area (Å²) in [5.41, 5.74) is -3.40. The van der Waals surface area contributed by atoms with E-state index in [-0.39, 0.29) is 94.2 Å². The van der Waals surface area contributed by atoms with Gasteiger partial charge in [-0.2, -0.15) is 10.5 Å². The summed E-state index contributed by atoms with van der Waals surface area (Å²) in [7, 11) is 0. The molecule has 20 nitrogen and oxygen atoms in total. The van der Waals surface area contributed by atoms with E-state index < -0.39 is 38.5 Å². The largest absolute Gasteiger partial charge is 0.613 e. The summed E-state index contributed by atoms with van der Waals surface area (Å²) < 4.78 is 28.5. The molecule has 4 heterocycles. The van der Waals surface area contributed by atoms with Gasteiger partial charge in [-0.1, -0.05) is 54.4 Å². The molecule has 0 unspecified atom stereocenters. The lowest BCUT2D eigenvalue weighted by molar-refractivity contribution is -0.385. The van der Waals surface area contributed by atoms with Crippen molar-refractivity contribution in [1.82, 2.24) is 9.13 Å². The van der Waals surface area contributed by atoms with Crippen LogP contribution in [0.2, 0.25) is 0 Å². The van der Waals surface area contributed by atoms with Crippen LogP contribution in [-0.4, -0.2) is 25.1 Å². The first-order valence-corrected chi connectivity index (χ1v) is 19.0. The van der Waals surface area contributed by atoms with Crippen molar-refractivity contribution in [3.63, 3.8) is 0 Å². The number of unbranched alkanes of at least 4 members (excludes halogenated alkanes) is 2. The molecule has 0 bridgehead atoms. The number of rotatable bonds is 10. The van der Waals surface area contributed by atoms with E-state index >= 15 is 0 Å². The molecule has 59 heavy (non-hydrogen) atoms. The van der Waals surface area contributed by atoms with Crippen molar-refractivity contribution >= 4 is 34.1 Å². The smallest absolute Gasteiger partial charge is 0.384 e. The molecular formula is C39H40N10O10. The van der Waals surface area contributed by atoms with Gasteiger partial charge in [-0.15, -0.1) is 20.5 Å². The first-order valence-electron chi connectivity index (χ1n) is 19.0. The zero-order valence-electron chi connectivity index (χ0n) is 33.2. The van der Waals surface area contributed by atoms with E-state index in [0.717, 1.165) is 33.4 Å². The summed E-state index contributed by atoms with van der Waals surface area (Å²) in [6.45, 7) is 11.1. The zero-order valence-corrected chi connectivity index (χ0v) is 33.2. The second-order valence-corrected chi connectivity index (χ2v) is 12.7. The quantitative estimate of drug-likeness (QED) is 0.107. The topological polar surface area (TPSA) is 264 Å². The average molecular weight is 809 g/mol. The molecule has 0 saturated carbocycles. The lowest BCUT2D eigenvalue weighted by Crippen LogP contribution is -2.55. The molecule has 0 aliphatic carbocycles. The Hall–Kier alpha value is -7.48. The van der Waals surface area contributed by atoms with E-state index in [4.69, 9.17) is 18.9 Å². The number of benzene rings is 2. The average Bonchev–Trinajstić information content (AvgIpc) is 3.34. The van der Waals surface area contributed by atoms with Gasteiger partial charge >= 0.3 is 6.16 Å². The van der Waals surface area contributed by atoms with Crippen LogP contribution in [0.4, 0.5) is 34.1 Å². The minimum atomic E-state index is -3.01. The van der Waals surface area contributed by atoms with Crippen LogP contribution < -0.4 is 30.1 Å². The summed E-state index contributed by atoms with van der Waals surface area (Å²) in [6, 6.07) is 10.6. The number of nitrogens with zero attached hydrogens (tertiary/aromatic N) is 10. The van der Waals surface area contributed by atoms with Crippen molar-refractivity contribution in [2.45, 2.75) is 99.3 Å². The molecule has 0 N–H and O–H groups in total.